The molecule has 1 aromatic heterocycles. The highest BCUT2D eigenvalue weighted by molar-refractivity contribution is 5.07. The minimum absolute atomic E-state index is 0.245. The summed E-state index contributed by atoms with van der Waals surface area (Å²) in [6.07, 6.45) is 4.85. The Balaban J connectivity index is 2.13. The number of hydrogen-bond donors (Lipinski definition) is 1. The lowest BCUT2D eigenvalue weighted by atomic mass is 9.96. The lowest BCUT2D eigenvalue weighted by molar-refractivity contribution is 0.0354. The van der Waals surface area contributed by atoms with E-state index in [1.807, 2.05) is 13.1 Å². The molecule has 0 radical (unpaired) electrons. The number of aliphatic hydroxyl groups excluding tert-OH is 1. The molecule has 0 amide bonds. The number of aliphatic hydroxyl groups is 1. The third-order valence-electron chi connectivity index (χ3n) is 3.35. The van der Waals surface area contributed by atoms with E-state index in [4.69, 9.17) is 0 Å². The summed E-state index contributed by atoms with van der Waals surface area (Å²) in [4.78, 5) is 2.25. The van der Waals surface area contributed by atoms with Crippen LogP contribution in [0.3, 0.4) is 0 Å². The van der Waals surface area contributed by atoms with Crippen LogP contribution in [0.25, 0.3) is 0 Å². The number of aryl methyl sites for hydroxylation is 1. The number of aromatic nitrogens is 2. The van der Waals surface area contributed by atoms with Crippen LogP contribution in [-0.2, 0) is 7.05 Å². The summed E-state index contributed by atoms with van der Waals surface area (Å²) in [5, 5.41) is 14.4. The molecule has 0 unspecified atom stereocenters. The van der Waals surface area contributed by atoms with E-state index < -0.39 is 6.10 Å². The molecule has 0 aromatic carbocycles. The Morgan fingerprint density at radius 1 is 1.47 bits per heavy atom. The van der Waals surface area contributed by atoms with E-state index in [2.05, 4.69) is 17.0 Å². The molecule has 1 aromatic rings. The van der Waals surface area contributed by atoms with Crippen molar-refractivity contribution >= 4 is 0 Å². The molecule has 0 aliphatic carbocycles. The molecule has 1 fully saturated rings. The Bertz CT molecular complexity index is 323. The van der Waals surface area contributed by atoms with E-state index in [-0.39, 0.29) is 6.04 Å². The van der Waals surface area contributed by atoms with Gasteiger partial charge in [0.25, 0.3) is 0 Å². The van der Waals surface area contributed by atoms with E-state index in [9.17, 15) is 5.11 Å². The molecular formula is C11H19N3O. The number of likely N-dealkylation sites (tertiary alicyclic amines) is 1. The standard InChI is InChI=1S/C11H19N3O/c1-13-8-4-3-5-9(13)11(15)10-6-7-12-14(10)2/h6-7,9,11,15H,3-5,8H2,1-2H3/t9-,11-/m1/s1. The molecule has 1 N–H and O–H groups in total. The number of piperidine rings is 1. The molecule has 2 atom stereocenters. The minimum Gasteiger partial charge on any atom is -0.385 e. The van der Waals surface area contributed by atoms with Crippen molar-refractivity contribution in [3.63, 3.8) is 0 Å². The van der Waals surface area contributed by atoms with Crippen LogP contribution in [-0.4, -0.2) is 39.4 Å². The van der Waals surface area contributed by atoms with Gasteiger partial charge in [0.1, 0.15) is 6.10 Å². The summed E-state index contributed by atoms with van der Waals surface area (Å²) in [6.45, 7) is 1.08. The number of likely N-dealkylation sites (N-methyl/N-ethyl adjacent to an activating group) is 1. The van der Waals surface area contributed by atoms with Crippen molar-refractivity contribution in [1.82, 2.24) is 14.7 Å². The summed E-state index contributed by atoms with van der Waals surface area (Å²) >= 11 is 0. The highest BCUT2D eigenvalue weighted by Crippen LogP contribution is 2.26. The summed E-state index contributed by atoms with van der Waals surface area (Å²) < 4.78 is 1.76. The van der Waals surface area contributed by atoms with Crippen molar-refractivity contribution in [2.45, 2.75) is 31.4 Å². The molecule has 84 valence electrons. The number of hydrogen-bond acceptors (Lipinski definition) is 3. The van der Waals surface area contributed by atoms with E-state index >= 15 is 0 Å². The molecule has 2 rings (SSSR count). The molecule has 4 heteroatoms. The Morgan fingerprint density at radius 2 is 2.27 bits per heavy atom. The van der Waals surface area contributed by atoms with Crippen LogP contribution in [0.4, 0.5) is 0 Å². The van der Waals surface area contributed by atoms with Crippen LogP contribution < -0.4 is 0 Å². The monoisotopic (exact) mass is 209 g/mol. The smallest absolute Gasteiger partial charge is 0.111 e. The molecule has 0 saturated carbocycles. The first-order chi connectivity index (χ1) is 7.20. The van der Waals surface area contributed by atoms with Crippen LogP contribution >= 0.6 is 0 Å². The lowest BCUT2D eigenvalue weighted by Crippen LogP contribution is -2.41. The SMILES string of the molecule is CN1CCCC[C@@H]1[C@@H](O)c1ccnn1C. The quantitative estimate of drug-likeness (QED) is 0.788. The highest BCUT2D eigenvalue weighted by atomic mass is 16.3. The molecule has 2 heterocycles. The van der Waals surface area contributed by atoms with Crippen molar-refractivity contribution in [3.8, 4) is 0 Å². The Hall–Kier alpha value is -0.870. The van der Waals surface area contributed by atoms with Crippen molar-refractivity contribution in [2.24, 2.45) is 7.05 Å². The second kappa shape index (κ2) is 4.33. The predicted molar refractivity (Wildman–Crippen MR) is 58.4 cm³/mol. The van der Waals surface area contributed by atoms with Gasteiger partial charge in [-0.05, 0) is 32.5 Å². The minimum atomic E-state index is -0.414. The zero-order valence-corrected chi connectivity index (χ0v) is 9.43. The van der Waals surface area contributed by atoms with Crippen LogP contribution in [0.2, 0.25) is 0 Å². The first-order valence-corrected chi connectivity index (χ1v) is 5.56. The van der Waals surface area contributed by atoms with Crippen LogP contribution in [0.5, 0.6) is 0 Å². The Kier molecular flexibility index (Phi) is 3.07. The molecular weight excluding hydrogens is 190 g/mol. The largest absolute Gasteiger partial charge is 0.385 e. The third-order valence-corrected chi connectivity index (χ3v) is 3.35. The summed E-state index contributed by atoms with van der Waals surface area (Å²) in [7, 11) is 3.96. The van der Waals surface area contributed by atoms with Gasteiger partial charge in [-0.2, -0.15) is 5.10 Å². The summed E-state index contributed by atoms with van der Waals surface area (Å²) in [6, 6.07) is 2.14. The van der Waals surface area contributed by atoms with Gasteiger partial charge in [0.05, 0.1) is 5.69 Å². The zero-order valence-electron chi connectivity index (χ0n) is 9.43. The third kappa shape index (κ3) is 2.06. The van der Waals surface area contributed by atoms with Crippen LogP contribution in [0, 0.1) is 0 Å². The molecule has 0 spiro atoms. The van der Waals surface area contributed by atoms with Crippen LogP contribution in [0.1, 0.15) is 31.1 Å². The molecule has 1 aliphatic heterocycles. The molecule has 4 nitrogen and oxygen atoms in total. The first kappa shape index (κ1) is 10.6. The number of nitrogens with zero attached hydrogens (tertiary/aromatic N) is 3. The molecule has 0 bridgehead atoms. The lowest BCUT2D eigenvalue weighted by Gasteiger charge is -2.35. The van der Waals surface area contributed by atoms with Crippen molar-refractivity contribution in [3.05, 3.63) is 18.0 Å². The fourth-order valence-corrected chi connectivity index (χ4v) is 2.37. The molecule has 1 saturated heterocycles. The van der Waals surface area contributed by atoms with Gasteiger partial charge in [0.15, 0.2) is 0 Å². The van der Waals surface area contributed by atoms with Gasteiger partial charge in [0, 0.05) is 19.3 Å². The fraction of sp³-hybridized carbons (Fsp3) is 0.727. The van der Waals surface area contributed by atoms with Crippen LogP contribution in [0.15, 0.2) is 12.3 Å². The van der Waals surface area contributed by atoms with Gasteiger partial charge < -0.3 is 10.0 Å². The normalized spacial score (nSPS) is 25.4. The number of rotatable bonds is 2. The Labute approximate surface area is 90.5 Å². The van der Waals surface area contributed by atoms with Gasteiger partial charge in [-0.1, -0.05) is 6.42 Å². The molecule has 1 aliphatic rings. The zero-order chi connectivity index (χ0) is 10.8. The average Bonchev–Trinajstić information content (AvgIpc) is 2.64. The van der Waals surface area contributed by atoms with Gasteiger partial charge in [-0.3, -0.25) is 4.68 Å². The predicted octanol–water partition coefficient (Wildman–Crippen LogP) is 0.938. The molecule has 15 heavy (non-hydrogen) atoms. The highest BCUT2D eigenvalue weighted by Gasteiger charge is 2.28. The van der Waals surface area contributed by atoms with E-state index in [1.165, 1.54) is 12.8 Å². The van der Waals surface area contributed by atoms with E-state index in [1.54, 1.807) is 10.9 Å². The maximum atomic E-state index is 10.3. The van der Waals surface area contributed by atoms with Gasteiger partial charge >= 0.3 is 0 Å². The maximum absolute atomic E-state index is 10.3. The van der Waals surface area contributed by atoms with Gasteiger partial charge in [-0.25, -0.2) is 0 Å². The van der Waals surface area contributed by atoms with Crippen molar-refractivity contribution < 1.29 is 5.11 Å². The fourth-order valence-electron chi connectivity index (χ4n) is 2.37. The van der Waals surface area contributed by atoms with Gasteiger partial charge in [0.2, 0.25) is 0 Å². The van der Waals surface area contributed by atoms with Crippen molar-refractivity contribution in [1.29, 1.82) is 0 Å². The van der Waals surface area contributed by atoms with Gasteiger partial charge in [-0.15, -0.1) is 0 Å². The van der Waals surface area contributed by atoms with E-state index in [0.717, 1.165) is 18.7 Å². The second-order valence-corrected chi connectivity index (χ2v) is 4.37. The topological polar surface area (TPSA) is 41.3 Å². The first-order valence-electron chi connectivity index (χ1n) is 5.56. The second-order valence-electron chi connectivity index (χ2n) is 4.37. The maximum Gasteiger partial charge on any atom is 0.111 e. The average molecular weight is 209 g/mol. The summed E-state index contributed by atoms with van der Waals surface area (Å²) in [5.74, 6) is 0. The van der Waals surface area contributed by atoms with Crippen molar-refractivity contribution in [2.75, 3.05) is 13.6 Å². The summed E-state index contributed by atoms with van der Waals surface area (Å²) in [5.41, 5.74) is 0.911. The van der Waals surface area contributed by atoms with E-state index in [0.29, 0.717) is 0 Å². The Morgan fingerprint density at radius 3 is 2.87 bits per heavy atom.